The monoisotopic (exact) mass is 137 g/mol. The van der Waals surface area contributed by atoms with Crippen molar-refractivity contribution in [2.24, 2.45) is 0 Å². The molecule has 52 valence electrons. The fourth-order valence-electron chi connectivity index (χ4n) is 0.526. The molecule has 0 aliphatic carbocycles. The number of aromatic nitrogens is 1. The lowest BCUT2D eigenvalue weighted by Gasteiger charge is -2.09. The van der Waals surface area contributed by atoms with Crippen LogP contribution >= 0.6 is 0 Å². The maximum absolute atomic E-state index is 9.29. The van der Waals surface area contributed by atoms with Gasteiger partial charge in [-0.25, -0.2) is 4.98 Å². The third-order valence-corrected chi connectivity index (χ3v) is 1.13. The molecular formula is C7H7NO2. The predicted octanol–water partition coefficient (Wildman–Crippen LogP) is 0.515. The van der Waals surface area contributed by atoms with E-state index in [4.69, 9.17) is 10.8 Å². The standard InChI is InChI=1S/C7H7NO2/c1-3-7(2,9)6-8-4-5-10-6/h1,4-5,9H,2H3. The zero-order valence-electron chi connectivity index (χ0n) is 5.53. The van der Waals surface area contributed by atoms with E-state index in [1.54, 1.807) is 0 Å². The number of nitrogens with zero attached hydrogens (tertiary/aromatic N) is 1. The average molecular weight is 137 g/mol. The molecule has 1 aromatic heterocycles. The van der Waals surface area contributed by atoms with E-state index in [-0.39, 0.29) is 5.89 Å². The number of hydrogen-bond donors (Lipinski definition) is 1. The van der Waals surface area contributed by atoms with Crippen molar-refractivity contribution in [3.05, 3.63) is 18.4 Å². The van der Waals surface area contributed by atoms with E-state index < -0.39 is 5.60 Å². The molecule has 3 heteroatoms. The molecule has 1 heterocycles. The molecule has 0 fully saturated rings. The van der Waals surface area contributed by atoms with Crippen LogP contribution in [0.3, 0.4) is 0 Å². The third-order valence-electron chi connectivity index (χ3n) is 1.13. The minimum absolute atomic E-state index is 0.148. The van der Waals surface area contributed by atoms with Crippen LogP contribution in [-0.4, -0.2) is 10.1 Å². The lowest BCUT2D eigenvalue weighted by Crippen LogP contribution is -2.18. The van der Waals surface area contributed by atoms with E-state index in [1.807, 2.05) is 0 Å². The van der Waals surface area contributed by atoms with Crippen LogP contribution in [-0.2, 0) is 5.60 Å². The average Bonchev–Trinajstić information content (AvgIpc) is 2.38. The topological polar surface area (TPSA) is 46.3 Å². The summed E-state index contributed by atoms with van der Waals surface area (Å²) in [5.41, 5.74) is -1.39. The first-order chi connectivity index (χ1) is 4.67. The molecule has 0 aliphatic heterocycles. The molecule has 0 saturated carbocycles. The molecule has 0 radical (unpaired) electrons. The highest BCUT2D eigenvalue weighted by Crippen LogP contribution is 2.15. The number of oxazole rings is 1. The highest BCUT2D eigenvalue weighted by Gasteiger charge is 2.24. The van der Waals surface area contributed by atoms with Crippen molar-refractivity contribution in [3.63, 3.8) is 0 Å². The predicted molar refractivity (Wildman–Crippen MR) is 34.9 cm³/mol. The summed E-state index contributed by atoms with van der Waals surface area (Å²) in [7, 11) is 0. The molecule has 1 N–H and O–H groups in total. The first-order valence-corrected chi connectivity index (χ1v) is 2.77. The van der Waals surface area contributed by atoms with Crippen molar-refractivity contribution >= 4 is 0 Å². The Morgan fingerprint density at radius 2 is 2.60 bits per heavy atom. The number of terminal acetylenes is 1. The summed E-state index contributed by atoms with van der Waals surface area (Å²) in [5.74, 6) is 2.29. The zero-order chi connectivity index (χ0) is 7.61. The maximum Gasteiger partial charge on any atom is 0.238 e. The van der Waals surface area contributed by atoms with E-state index in [1.165, 1.54) is 19.4 Å². The smallest absolute Gasteiger partial charge is 0.238 e. The van der Waals surface area contributed by atoms with E-state index in [0.717, 1.165) is 0 Å². The van der Waals surface area contributed by atoms with Gasteiger partial charge in [0.15, 0.2) is 5.60 Å². The normalized spacial score (nSPS) is 15.7. The van der Waals surface area contributed by atoms with Gasteiger partial charge in [-0.15, -0.1) is 6.42 Å². The van der Waals surface area contributed by atoms with Crippen molar-refractivity contribution in [1.82, 2.24) is 4.98 Å². The summed E-state index contributed by atoms with van der Waals surface area (Å²) in [6.45, 7) is 1.44. The molecule has 1 unspecified atom stereocenters. The minimum Gasteiger partial charge on any atom is -0.445 e. The van der Waals surface area contributed by atoms with Crippen molar-refractivity contribution in [2.45, 2.75) is 12.5 Å². The van der Waals surface area contributed by atoms with Crippen molar-refractivity contribution in [1.29, 1.82) is 0 Å². The van der Waals surface area contributed by atoms with Gasteiger partial charge in [0.05, 0.1) is 6.20 Å². The summed E-state index contributed by atoms with van der Waals surface area (Å²) in [5, 5.41) is 9.29. The zero-order valence-corrected chi connectivity index (χ0v) is 5.53. The van der Waals surface area contributed by atoms with E-state index >= 15 is 0 Å². The van der Waals surface area contributed by atoms with Gasteiger partial charge in [-0.1, -0.05) is 5.92 Å². The van der Waals surface area contributed by atoms with E-state index in [9.17, 15) is 5.11 Å². The number of rotatable bonds is 1. The Morgan fingerprint density at radius 1 is 1.90 bits per heavy atom. The van der Waals surface area contributed by atoms with Gasteiger partial charge in [0.1, 0.15) is 6.26 Å². The molecule has 0 bridgehead atoms. The van der Waals surface area contributed by atoms with E-state index in [0.29, 0.717) is 0 Å². The Bertz CT molecular complexity index is 243. The van der Waals surface area contributed by atoms with Gasteiger partial charge in [-0.3, -0.25) is 0 Å². The Kier molecular flexibility index (Phi) is 1.48. The largest absolute Gasteiger partial charge is 0.445 e. The molecule has 1 atom stereocenters. The molecule has 0 spiro atoms. The van der Waals surface area contributed by atoms with Crippen LogP contribution in [0.1, 0.15) is 12.8 Å². The second-order valence-electron chi connectivity index (χ2n) is 2.05. The van der Waals surface area contributed by atoms with Gasteiger partial charge >= 0.3 is 0 Å². The molecule has 0 aliphatic rings. The Morgan fingerprint density at radius 3 is 3.00 bits per heavy atom. The summed E-state index contributed by atoms with van der Waals surface area (Å²) in [4.78, 5) is 3.70. The Hall–Kier alpha value is -1.27. The van der Waals surface area contributed by atoms with Crippen LogP contribution < -0.4 is 0 Å². The van der Waals surface area contributed by atoms with Crippen LogP contribution in [0.5, 0.6) is 0 Å². The van der Waals surface area contributed by atoms with Crippen molar-refractivity contribution in [2.75, 3.05) is 0 Å². The lowest BCUT2D eigenvalue weighted by atomic mass is 10.1. The molecule has 0 aromatic carbocycles. The Balaban J connectivity index is 2.99. The number of aliphatic hydroxyl groups is 1. The van der Waals surface area contributed by atoms with Gasteiger partial charge in [-0.05, 0) is 6.92 Å². The highest BCUT2D eigenvalue weighted by molar-refractivity contribution is 5.13. The van der Waals surface area contributed by atoms with Crippen LogP contribution in [0.25, 0.3) is 0 Å². The van der Waals surface area contributed by atoms with Crippen LogP contribution in [0, 0.1) is 12.3 Å². The summed E-state index contributed by atoms with van der Waals surface area (Å²) >= 11 is 0. The second-order valence-corrected chi connectivity index (χ2v) is 2.05. The molecular weight excluding hydrogens is 130 g/mol. The lowest BCUT2D eigenvalue weighted by molar-refractivity contribution is 0.0894. The fraction of sp³-hybridized carbons (Fsp3) is 0.286. The van der Waals surface area contributed by atoms with Crippen molar-refractivity contribution < 1.29 is 9.52 Å². The molecule has 0 amide bonds. The van der Waals surface area contributed by atoms with Crippen molar-refractivity contribution in [3.8, 4) is 12.3 Å². The van der Waals surface area contributed by atoms with Gasteiger partial charge in [0, 0.05) is 0 Å². The molecule has 3 nitrogen and oxygen atoms in total. The quantitative estimate of drug-likeness (QED) is 0.574. The van der Waals surface area contributed by atoms with E-state index in [2.05, 4.69) is 10.9 Å². The number of hydrogen-bond acceptors (Lipinski definition) is 3. The summed E-state index contributed by atoms with van der Waals surface area (Å²) in [6.07, 6.45) is 7.79. The molecule has 0 saturated heterocycles. The summed E-state index contributed by atoms with van der Waals surface area (Å²) < 4.78 is 4.79. The highest BCUT2D eigenvalue weighted by atomic mass is 16.4. The van der Waals surface area contributed by atoms with Gasteiger partial charge in [0.2, 0.25) is 5.89 Å². The van der Waals surface area contributed by atoms with Crippen LogP contribution in [0.2, 0.25) is 0 Å². The van der Waals surface area contributed by atoms with Crippen LogP contribution in [0.4, 0.5) is 0 Å². The minimum atomic E-state index is -1.39. The first-order valence-electron chi connectivity index (χ1n) is 2.77. The van der Waals surface area contributed by atoms with Gasteiger partial charge in [0.25, 0.3) is 0 Å². The molecule has 10 heavy (non-hydrogen) atoms. The van der Waals surface area contributed by atoms with Crippen LogP contribution in [0.15, 0.2) is 16.9 Å². The first kappa shape index (κ1) is 6.84. The van der Waals surface area contributed by atoms with Gasteiger partial charge < -0.3 is 9.52 Å². The molecule has 1 aromatic rings. The van der Waals surface area contributed by atoms with Gasteiger partial charge in [-0.2, -0.15) is 0 Å². The second kappa shape index (κ2) is 2.16. The fourth-order valence-corrected chi connectivity index (χ4v) is 0.526. The maximum atomic E-state index is 9.29. The third kappa shape index (κ3) is 1.02. The Labute approximate surface area is 58.7 Å². The summed E-state index contributed by atoms with van der Waals surface area (Å²) in [6, 6.07) is 0. The SMILES string of the molecule is C#CC(C)(O)c1ncco1. The molecule has 1 rings (SSSR count).